The van der Waals surface area contributed by atoms with Crippen LogP contribution in [0.1, 0.15) is 58.2 Å². The fourth-order valence-electron chi connectivity index (χ4n) is 2.97. The van der Waals surface area contributed by atoms with Crippen molar-refractivity contribution in [1.82, 2.24) is 5.32 Å². The highest BCUT2D eigenvalue weighted by Crippen LogP contribution is 2.35. The second kappa shape index (κ2) is 8.79. The van der Waals surface area contributed by atoms with Gasteiger partial charge in [-0.2, -0.15) is 0 Å². The second-order valence-electron chi connectivity index (χ2n) is 9.09. The molecule has 2 aromatic rings. The lowest BCUT2D eigenvalue weighted by molar-refractivity contribution is 0.214. The Morgan fingerprint density at radius 3 is 2.15 bits per heavy atom. The van der Waals surface area contributed by atoms with Gasteiger partial charge in [0.2, 0.25) is 0 Å². The molecule has 148 valence electrons. The summed E-state index contributed by atoms with van der Waals surface area (Å²) in [6.07, 6.45) is 0. The Kier molecular flexibility index (Phi) is 6.94. The van der Waals surface area contributed by atoms with E-state index in [1.165, 1.54) is 16.7 Å². The summed E-state index contributed by atoms with van der Waals surface area (Å²) in [6.45, 7) is 15.3. The summed E-state index contributed by atoms with van der Waals surface area (Å²) < 4.78 is 12.0. The Labute approximate surface area is 165 Å². The first-order chi connectivity index (χ1) is 12.6. The fraction of sp³-hybridized carbons (Fsp3) is 0.500. The third-order valence-corrected chi connectivity index (χ3v) is 4.54. The minimum Gasteiger partial charge on any atom is -0.490 e. The van der Waals surface area contributed by atoms with Crippen LogP contribution in [0.3, 0.4) is 0 Å². The number of nitrogens with one attached hydrogen (secondary N) is 1. The first kappa shape index (κ1) is 21.3. The molecule has 0 fully saturated rings. The van der Waals surface area contributed by atoms with Crippen LogP contribution in [-0.2, 0) is 17.4 Å². The topological polar surface area (TPSA) is 30.5 Å². The summed E-state index contributed by atoms with van der Waals surface area (Å²) in [5.41, 5.74) is 3.94. The molecule has 0 aliphatic rings. The lowest BCUT2D eigenvalue weighted by Gasteiger charge is -2.27. The molecule has 0 aliphatic heterocycles. The highest BCUT2D eigenvalue weighted by Gasteiger charge is 2.23. The van der Waals surface area contributed by atoms with Crippen LogP contribution in [-0.4, -0.2) is 20.3 Å². The predicted octanol–water partition coefficient (Wildman–Crippen LogP) is 5.46. The molecular weight excluding hydrogens is 334 g/mol. The molecular formula is C24H35NO2. The molecule has 1 N–H and O–H groups in total. The lowest BCUT2D eigenvalue weighted by atomic mass is 9.80. The summed E-state index contributed by atoms with van der Waals surface area (Å²) >= 11 is 0. The molecule has 0 aromatic heterocycles. The first-order valence-electron chi connectivity index (χ1n) is 9.75. The number of benzene rings is 2. The highest BCUT2D eigenvalue weighted by molar-refractivity contribution is 5.43. The van der Waals surface area contributed by atoms with Gasteiger partial charge in [0.1, 0.15) is 24.7 Å². The van der Waals surface area contributed by atoms with Gasteiger partial charge in [-0.3, -0.25) is 0 Å². The Morgan fingerprint density at radius 1 is 0.815 bits per heavy atom. The lowest BCUT2D eigenvalue weighted by Crippen LogP contribution is -2.19. The summed E-state index contributed by atoms with van der Waals surface area (Å²) in [7, 11) is 1.94. The molecule has 0 saturated heterocycles. The van der Waals surface area contributed by atoms with E-state index < -0.39 is 0 Å². The summed E-state index contributed by atoms with van der Waals surface area (Å²) in [6, 6.07) is 14.7. The molecule has 2 aromatic carbocycles. The average molecular weight is 370 g/mol. The number of rotatable bonds is 7. The van der Waals surface area contributed by atoms with E-state index in [-0.39, 0.29) is 10.8 Å². The van der Waals surface area contributed by atoms with E-state index in [4.69, 9.17) is 9.47 Å². The number of ether oxygens (including phenoxy) is 2. The van der Waals surface area contributed by atoms with E-state index in [0.29, 0.717) is 13.2 Å². The van der Waals surface area contributed by atoms with Crippen molar-refractivity contribution in [2.75, 3.05) is 20.3 Å². The zero-order valence-electron chi connectivity index (χ0n) is 18.0. The largest absolute Gasteiger partial charge is 0.490 e. The molecule has 0 atom stereocenters. The van der Waals surface area contributed by atoms with Crippen molar-refractivity contribution in [1.29, 1.82) is 0 Å². The van der Waals surface area contributed by atoms with Crippen LogP contribution < -0.4 is 14.8 Å². The van der Waals surface area contributed by atoms with Crippen LogP contribution in [0.4, 0.5) is 0 Å². The molecule has 0 saturated carbocycles. The van der Waals surface area contributed by atoms with Crippen molar-refractivity contribution in [2.45, 2.75) is 58.9 Å². The fourth-order valence-corrected chi connectivity index (χ4v) is 2.97. The van der Waals surface area contributed by atoms with Crippen molar-refractivity contribution >= 4 is 0 Å². The minimum absolute atomic E-state index is 0.0267. The van der Waals surface area contributed by atoms with E-state index in [1.807, 2.05) is 19.2 Å². The van der Waals surface area contributed by atoms with Crippen LogP contribution in [0.5, 0.6) is 11.5 Å². The summed E-state index contributed by atoms with van der Waals surface area (Å²) in [5, 5.41) is 3.16. The van der Waals surface area contributed by atoms with E-state index in [1.54, 1.807) is 0 Å². The predicted molar refractivity (Wildman–Crippen MR) is 114 cm³/mol. The molecule has 0 bridgehead atoms. The third-order valence-electron chi connectivity index (χ3n) is 4.54. The van der Waals surface area contributed by atoms with Gasteiger partial charge in [-0.05, 0) is 52.8 Å². The van der Waals surface area contributed by atoms with Gasteiger partial charge >= 0.3 is 0 Å². The van der Waals surface area contributed by atoms with Crippen molar-refractivity contribution in [3.8, 4) is 11.5 Å². The molecule has 0 amide bonds. The average Bonchev–Trinajstić information content (AvgIpc) is 2.58. The second-order valence-corrected chi connectivity index (χ2v) is 9.09. The van der Waals surface area contributed by atoms with E-state index >= 15 is 0 Å². The van der Waals surface area contributed by atoms with E-state index in [9.17, 15) is 0 Å². The van der Waals surface area contributed by atoms with Gasteiger partial charge in [0, 0.05) is 6.54 Å². The van der Waals surface area contributed by atoms with Gasteiger partial charge in [0.25, 0.3) is 0 Å². The van der Waals surface area contributed by atoms with Crippen LogP contribution in [0.2, 0.25) is 0 Å². The zero-order chi connectivity index (χ0) is 20.1. The van der Waals surface area contributed by atoms with Gasteiger partial charge in [0.15, 0.2) is 0 Å². The molecule has 2 rings (SSSR count). The van der Waals surface area contributed by atoms with Crippen LogP contribution in [0.15, 0.2) is 42.5 Å². The third kappa shape index (κ3) is 6.28. The Balaban J connectivity index is 2.02. The molecule has 0 spiro atoms. The smallest absolute Gasteiger partial charge is 0.123 e. The molecule has 27 heavy (non-hydrogen) atoms. The molecule has 3 nitrogen and oxygen atoms in total. The van der Waals surface area contributed by atoms with E-state index in [0.717, 1.165) is 18.0 Å². The zero-order valence-corrected chi connectivity index (χ0v) is 18.0. The number of hydrogen-bond donors (Lipinski definition) is 1. The van der Waals surface area contributed by atoms with Crippen molar-refractivity contribution in [3.05, 3.63) is 59.2 Å². The maximum Gasteiger partial charge on any atom is 0.123 e. The highest BCUT2D eigenvalue weighted by atomic mass is 16.5. The molecule has 0 unspecified atom stereocenters. The monoisotopic (exact) mass is 369 g/mol. The van der Waals surface area contributed by atoms with Crippen molar-refractivity contribution < 1.29 is 9.47 Å². The maximum absolute atomic E-state index is 6.09. The van der Waals surface area contributed by atoms with Gasteiger partial charge < -0.3 is 14.8 Å². The standard InChI is InChI=1S/C24H35NO2/c1-23(2,3)19-11-12-22(21(16-19)24(4,5)6)27-14-13-26-20-10-8-9-18(15-20)17-25-7/h8-12,15-16,25H,13-14,17H2,1-7H3. The van der Waals surface area contributed by atoms with E-state index in [2.05, 4.69) is 77.2 Å². The summed E-state index contributed by atoms with van der Waals surface area (Å²) in [4.78, 5) is 0. The number of hydrogen-bond acceptors (Lipinski definition) is 3. The quantitative estimate of drug-likeness (QED) is 0.658. The summed E-state index contributed by atoms with van der Waals surface area (Å²) in [5.74, 6) is 1.83. The van der Waals surface area contributed by atoms with Gasteiger partial charge in [-0.1, -0.05) is 65.8 Å². The Bertz CT molecular complexity index is 739. The Morgan fingerprint density at radius 2 is 1.52 bits per heavy atom. The minimum atomic E-state index is 0.0267. The molecule has 0 heterocycles. The van der Waals surface area contributed by atoms with Gasteiger partial charge in [-0.15, -0.1) is 0 Å². The van der Waals surface area contributed by atoms with Crippen LogP contribution in [0.25, 0.3) is 0 Å². The maximum atomic E-state index is 6.09. The molecule has 0 aliphatic carbocycles. The van der Waals surface area contributed by atoms with Gasteiger partial charge in [0.05, 0.1) is 0 Å². The normalized spacial score (nSPS) is 12.1. The van der Waals surface area contributed by atoms with Gasteiger partial charge in [-0.25, -0.2) is 0 Å². The SMILES string of the molecule is CNCc1cccc(OCCOc2ccc(C(C)(C)C)cc2C(C)(C)C)c1. The molecule has 3 heteroatoms. The Hall–Kier alpha value is -2.00. The molecule has 0 radical (unpaired) electrons. The first-order valence-corrected chi connectivity index (χ1v) is 9.75. The van der Waals surface area contributed by atoms with Crippen molar-refractivity contribution in [3.63, 3.8) is 0 Å². The van der Waals surface area contributed by atoms with Crippen molar-refractivity contribution in [2.24, 2.45) is 0 Å². The van der Waals surface area contributed by atoms with Crippen LogP contribution in [0, 0.1) is 0 Å². The van der Waals surface area contributed by atoms with Crippen LogP contribution >= 0.6 is 0 Å².